The normalized spacial score (nSPS) is 11.4. The van der Waals surface area contributed by atoms with Crippen molar-refractivity contribution in [2.75, 3.05) is 0 Å². The van der Waals surface area contributed by atoms with Crippen LogP contribution in [0.2, 0.25) is 0 Å². The zero-order valence-corrected chi connectivity index (χ0v) is 11.3. The molecule has 2 heteroatoms. The van der Waals surface area contributed by atoms with Crippen LogP contribution in [0, 0.1) is 5.92 Å². The Labute approximate surface area is 100 Å². The monoisotopic (exact) mass is 226 g/mol. The highest BCUT2D eigenvalue weighted by Crippen LogP contribution is 2.14. The largest absolute Gasteiger partial charge is 0.509 e. The molecule has 94 valence electrons. The topological polar surface area (TPSA) is 40.5 Å². The van der Waals surface area contributed by atoms with Crippen LogP contribution in [0.15, 0.2) is 35.8 Å². The Balaban J connectivity index is 0. The molecular formula is C14H26O2. The molecule has 0 aromatic heterocycles. The molecule has 0 aliphatic rings. The molecule has 0 fully saturated rings. The van der Waals surface area contributed by atoms with Gasteiger partial charge in [-0.2, -0.15) is 0 Å². The van der Waals surface area contributed by atoms with E-state index in [9.17, 15) is 0 Å². The molecule has 0 rings (SSSR count). The van der Waals surface area contributed by atoms with Crippen LogP contribution in [-0.2, 0) is 0 Å². The summed E-state index contributed by atoms with van der Waals surface area (Å²) < 4.78 is 0. The highest BCUT2D eigenvalue weighted by atomic mass is 16.3. The second-order valence-electron chi connectivity index (χ2n) is 4.49. The lowest BCUT2D eigenvalue weighted by Crippen LogP contribution is -1.89. The first kappa shape index (κ1) is 17.2. The van der Waals surface area contributed by atoms with E-state index in [0.29, 0.717) is 0 Å². The highest BCUT2D eigenvalue weighted by Gasteiger charge is 1.97. The first-order valence-corrected chi connectivity index (χ1v) is 5.57. The molecule has 0 aliphatic heterocycles. The maximum absolute atomic E-state index is 8.26. The minimum Gasteiger partial charge on any atom is -0.509 e. The quantitative estimate of drug-likeness (QED) is 0.528. The van der Waals surface area contributed by atoms with Crippen molar-refractivity contribution in [2.45, 2.75) is 47.5 Å². The van der Waals surface area contributed by atoms with Gasteiger partial charge in [0.05, 0.1) is 0 Å². The number of aliphatic hydroxyl groups excluding tert-OH is 2. The van der Waals surface area contributed by atoms with Crippen molar-refractivity contribution in [3.63, 3.8) is 0 Å². The van der Waals surface area contributed by atoms with Crippen molar-refractivity contribution in [2.24, 2.45) is 5.92 Å². The van der Waals surface area contributed by atoms with Gasteiger partial charge in [0.15, 0.2) is 0 Å². The molecule has 16 heavy (non-hydrogen) atoms. The van der Waals surface area contributed by atoms with E-state index in [-0.39, 0.29) is 11.5 Å². The third-order valence-electron chi connectivity index (χ3n) is 2.15. The Morgan fingerprint density at radius 2 is 1.38 bits per heavy atom. The van der Waals surface area contributed by atoms with Crippen molar-refractivity contribution >= 4 is 0 Å². The third kappa shape index (κ3) is 12.8. The maximum atomic E-state index is 8.26. The first-order valence-electron chi connectivity index (χ1n) is 5.57. The van der Waals surface area contributed by atoms with E-state index >= 15 is 0 Å². The van der Waals surface area contributed by atoms with Crippen LogP contribution >= 0.6 is 0 Å². The lowest BCUT2D eigenvalue weighted by molar-refractivity contribution is 0.328. The van der Waals surface area contributed by atoms with Crippen molar-refractivity contribution in [1.29, 1.82) is 0 Å². The van der Waals surface area contributed by atoms with Gasteiger partial charge in [-0.3, -0.25) is 0 Å². The van der Waals surface area contributed by atoms with Gasteiger partial charge in [-0.25, -0.2) is 0 Å². The summed E-state index contributed by atoms with van der Waals surface area (Å²) >= 11 is 0. The molecule has 0 aromatic rings. The van der Waals surface area contributed by atoms with E-state index in [1.165, 1.54) is 25.8 Å². The van der Waals surface area contributed by atoms with Gasteiger partial charge in [-0.05, 0) is 39.5 Å². The molecule has 0 unspecified atom stereocenters. The lowest BCUT2D eigenvalue weighted by Gasteiger charge is -2.06. The molecule has 0 saturated carbocycles. The standard InChI is InChI=1S/C10H18.C4H8O2/c1-8(2)6-7-10(5)9(3)4;1-3(5)4(2)6/h8H,3,5-7H2,1-2,4H3;5-6H,1-2H3/b;4-3-. The number of hydrogen-bond donors (Lipinski definition) is 2. The van der Waals surface area contributed by atoms with Crippen LogP contribution in [0.4, 0.5) is 0 Å². The highest BCUT2D eigenvalue weighted by molar-refractivity contribution is 5.22. The Morgan fingerprint density at radius 1 is 1.00 bits per heavy atom. The van der Waals surface area contributed by atoms with E-state index < -0.39 is 0 Å². The Morgan fingerprint density at radius 3 is 1.56 bits per heavy atom. The first-order chi connectivity index (χ1) is 7.18. The Kier molecular flexibility index (Phi) is 9.77. The van der Waals surface area contributed by atoms with E-state index in [0.717, 1.165) is 17.9 Å². The van der Waals surface area contributed by atoms with Crippen molar-refractivity contribution < 1.29 is 10.2 Å². The molecule has 0 atom stereocenters. The summed E-state index contributed by atoms with van der Waals surface area (Å²) in [5.41, 5.74) is 2.33. The number of aliphatic hydroxyl groups is 2. The number of rotatable bonds is 4. The van der Waals surface area contributed by atoms with Gasteiger partial charge in [0.25, 0.3) is 0 Å². The molecule has 0 aromatic carbocycles. The maximum Gasteiger partial charge on any atom is 0.126 e. The fourth-order valence-electron chi connectivity index (χ4n) is 0.676. The Bertz CT molecular complexity index is 242. The van der Waals surface area contributed by atoms with E-state index in [1.807, 2.05) is 6.92 Å². The van der Waals surface area contributed by atoms with Crippen molar-refractivity contribution in [3.05, 3.63) is 35.8 Å². The fraction of sp³-hybridized carbons (Fsp3) is 0.571. The van der Waals surface area contributed by atoms with Gasteiger partial charge in [0.2, 0.25) is 0 Å². The zero-order valence-electron chi connectivity index (χ0n) is 11.3. The molecule has 0 saturated heterocycles. The Hall–Kier alpha value is -1.18. The summed E-state index contributed by atoms with van der Waals surface area (Å²) in [4.78, 5) is 0. The van der Waals surface area contributed by atoms with Gasteiger partial charge < -0.3 is 10.2 Å². The molecular weight excluding hydrogens is 200 g/mol. The van der Waals surface area contributed by atoms with Crippen LogP contribution in [0.3, 0.4) is 0 Å². The second-order valence-corrected chi connectivity index (χ2v) is 4.49. The van der Waals surface area contributed by atoms with E-state index in [1.54, 1.807) is 0 Å². The molecule has 0 radical (unpaired) electrons. The van der Waals surface area contributed by atoms with Crippen LogP contribution < -0.4 is 0 Å². The van der Waals surface area contributed by atoms with Crippen molar-refractivity contribution in [1.82, 2.24) is 0 Å². The summed E-state index contributed by atoms with van der Waals surface area (Å²) in [6, 6.07) is 0. The summed E-state index contributed by atoms with van der Waals surface area (Å²) in [5.74, 6) is 0.737. The van der Waals surface area contributed by atoms with Crippen molar-refractivity contribution in [3.8, 4) is 0 Å². The van der Waals surface area contributed by atoms with Gasteiger partial charge >= 0.3 is 0 Å². The number of allylic oxidation sites excluding steroid dienone is 4. The zero-order chi connectivity index (χ0) is 13.3. The molecule has 2 N–H and O–H groups in total. The smallest absolute Gasteiger partial charge is 0.126 e. The SMILES string of the molecule is C/C(O)=C(\C)O.C=C(C)C(=C)CCC(C)C. The van der Waals surface area contributed by atoms with E-state index in [2.05, 4.69) is 27.0 Å². The molecule has 0 spiro atoms. The summed E-state index contributed by atoms with van der Waals surface area (Å²) in [5, 5.41) is 16.5. The van der Waals surface area contributed by atoms with Gasteiger partial charge in [0.1, 0.15) is 11.5 Å². The van der Waals surface area contributed by atoms with Gasteiger partial charge in [0, 0.05) is 0 Å². The molecule has 0 heterocycles. The second kappa shape index (κ2) is 9.08. The summed E-state index contributed by atoms with van der Waals surface area (Å²) in [7, 11) is 0. The lowest BCUT2D eigenvalue weighted by atomic mass is 10.0. The summed E-state index contributed by atoms with van der Waals surface area (Å²) in [6.45, 7) is 17.1. The van der Waals surface area contributed by atoms with E-state index in [4.69, 9.17) is 10.2 Å². The third-order valence-corrected chi connectivity index (χ3v) is 2.15. The average Bonchev–Trinajstić information content (AvgIpc) is 2.14. The summed E-state index contributed by atoms with van der Waals surface area (Å²) in [6.07, 6.45) is 2.33. The van der Waals surface area contributed by atoms with Crippen LogP contribution in [0.1, 0.15) is 47.5 Å². The minimum atomic E-state index is -0.0185. The predicted octanol–water partition coefficient (Wildman–Crippen LogP) is 4.91. The average molecular weight is 226 g/mol. The van der Waals surface area contributed by atoms with Gasteiger partial charge in [-0.15, -0.1) is 0 Å². The van der Waals surface area contributed by atoms with Crippen LogP contribution in [0.5, 0.6) is 0 Å². The molecule has 2 nitrogen and oxygen atoms in total. The van der Waals surface area contributed by atoms with Crippen LogP contribution in [-0.4, -0.2) is 10.2 Å². The predicted molar refractivity (Wildman–Crippen MR) is 71.7 cm³/mol. The van der Waals surface area contributed by atoms with Gasteiger partial charge in [-0.1, -0.05) is 38.2 Å². The molecule has 0 amide bonds. The minimum absolute atomic E-state index is 0.0185. The fourth-order valence-corrected chi connectivity index (χ4v) is 0.676. The van der Waals surface area contributed by atoms with Crippen LogP contribution in [0.25, 0.3) is 0 Å². The molecule has 0 aliphatic carbocycles. The molecule has 0 bridgehead atoms. The number of hydrogen-bond acceptors (Lipinski definition) is 2.